The van der Waals surface area contributed by atoms with Crippen LogP contribution in [0, 0.1) is 0 Å². The Morgan fingerprint density at radius 3 is 2.95 bits per heavy atom. The smallest absolute Gasteiger partial charge is 0.410 e. The standard InChI is InChI=1S/C14H12N4O4/c19-13-6-9(8-17-3-5-22-14(17)20)15-12-7-10(16-18(12)13)11-2-1-4-21-11/h1-2,4,6-7,16H,3,5,8H2. The molecule has 4 rings (SSSR count). The molecule has 8 nitrogen and oxygen atoms in total. The highest BCUT2D eigenvalue weighted by molar-refractivity contribution is 5.69. The maximum absolute atomic E-state index is 12.2. The van der Waals surface area contributed by atoms with E-state index in [-0.39, 0.29) is 18.2 Å². The Morgan fingerprint density at radius 2 is 2.23 bits per heavy atom. The summed E-state index contributed by atoms with van der Waals surface area (Å²) in [7, 11) is 0. The second kappa shape index (κ2) is 4.76. The van der Waals surface area contributed by atoms with Crippen molar-refractivity contribution in [1.82, 2.24) is 19.5 Å². The number of rotatable bonds is 3. The predicted octanol–water partition coefficient (Wildman–Crippen LogP) is 1.23. The van der Waals surface area contributed by atoms with Crippen molar-refractivity contribution in [2.45, 2.75) is 6.54 Å². The van der Waals surface area contributed by atoms with E-state index in [9.17, 15) is 9.59 Å². The molecule has 0 aromatic carbocycles. The van der Waals surface area contributed by atoms with Crippen molar-refractivity contribution in [3.8, 4) is 11.5 Å². The molecule has 1 aliphatic rings. The molecule has 1 amide bonds. The zero-order chi connectivity index (χ0) is 15.1. The lowest BCUT2D eigenvalue weighted by atomic mass is 10.3. The number of fused-ring (bicyclic) bond motifs is 1. The van der Waals surface area contributed by atoms with Gasteiger partial charge in [0.1, 0.15) is 12.3 Å². The van der Waals surface area contributed by atoms with Crippen LogP contribution in [0.25, 0.3) is 17.1 Å². The number of furan rings is 1. The number of cyclic esters (lactones) is 1. The van der Waals surface area contributed by atoms with Gasteiger partial charge in [0.15, 0.2) is 11.4 Å². The van der Waals surface area contributed by atoms with Crippen LogP contribution in [0.4, 0.5) is 4.79 Å². The Balaban J connectivity index is 1.73. The fourth-order valence-corrected chi connectivity index (χ4v) is 2.44. The van der Waals surface area contributed by atoms with Gasteiger partial charge in [0, 0.05) is 12.1 Å². The molecule has 0 atom stereocenters. The number of amides is 1. The van der Waals surface area contributed by atoms with E-state index in [4.69, 9.17) is 9.15 Å². The van der Waals surface area contributed by atoms with E-state index in [1.807, 2.05) is 0 Å². The second-order valence-corrected chi connectivity index (χ2v) is 4.96. The van der Waals surface area contributed by atoms with E-state index < -0.39 is 0 Å². The van der Waals surface area contributed by atoms with Gasteiger partial charge in [-0.15, -0.1) is 0 Å². The van der Waals surface area contributed by atoms with Gasteiger partial charge in [0.2, 0.25) is 0 Å². The molecule has 0 aliphatic carbocycles. The molecule has 0 radical (unpaired) electrons. The Bertz CT molecular complexity index is 893. The van der Waals surface area contributed by atoms with Crippen molar-refractivity contribution in [2.24, 2.45) is 0 Å². The zero-order valence-electron chi connectivity index (χ0n) is 11.5. The molecule has 3 aromatic heterocycles. The molecule has 112 valence electrons. The van der Waals surface area contributed by atoms with Crippen LogP contribution >= 0.6 is 0 Å². The summed E-state index contributed by atoms with van der Waals surface area (Å²) in [5.74, 6) is 0.620. The lowest BCUT2D eigenvalue weighted by Gasteiger charge is -2.11. The van der Waals surface area contributed by atoms with Crippen molar-refractivity contribution in [1.29, 1.82) is 0 Å². The molecule has 1 fully saturated rings. The SMILES string of the molecule is O=C1OCCN1Cc1cc(=O)n2[nH]c(-c3ccco3)cc2n1. The van der Waals surface area contributed by atoms with Crippen LogP contribution in [-0.2, 0) is 11.3 Å². The maximum Gasteiger partial charge on any atom is 0.410 e. The first-order valence-corrected chi connectivity index (χ1v) is 6.78. The van der Waals surface area contributed by atoms with E-state index in [1.54, 1.807) is 24.5 Å². The second-order valence-electron chi connectivity index (χ2n) is 4.96. The topological polar surface area (TPSA) is 92.8 Å². The number of hydrogen-bond donors (Lipinski definition) is 1. The van der Waals surface area contributed by atoms with Gasteiger partial charge >= 0.3 is 6.09 Å². The molecular weight excluding hydrogens is 288 g/mol. The minimum atomic E-state index is -0.382. The minimum absolute atomic E-state index is 0.245. The third kappa shape index (κ3) is 2.05. The number of ether oxygens (including phenoxy) is 1. The van der Waals surface area contributed by atoms with Gasteiger partial charge in [-0.2, -0.15) is 0 Å². The van der Waals surface area contributed by atoms with Crippen LogP contribution < -0.4 is 5.56 Å². The van der Waals surface area contributed by atoms with E-state index in [0.717, 1.165) is 0 Å². The van der Waals surface area contributed by atoms with Gasteiger partial charge in [-0.25, -0.2) is 14.3 Å². The Hall–Kier alpha value is -3.03. The average Bonchev–Trinajstić information content (AvgIpc) is 3.20. The lowest BCUT2D eigenvalue weighted by molar-refractivity contribution is 0.157. The van der Waals surface area contributed by atoms with Crippen molar-refractivity contribution in [3.05, 3.63) is 46.6 Å². The van der Waals surface area contributed by atoms with Crippen LogP contribution in [0.5, 0.6) is 0 Å². The molecule has 8 heteroatoms. The van der Waals surface area contributed by atoms with E-state index in [2.05, 4.69) is 10.1 Å². The number of aromatic amines is 1. The molecule has 3 aromatic rings. The van der Waals surface area contributed by atoms with Crippen LogP contribution in [0.3, 0.4) is 0 Å². The van der Waals surface area contributed by atoms with Crippen LogP contribution in [-0.4, -0.2) is 38.7 Å². The minimum Gasteiger partial charge on any atom is -0.463 e. The monoisotopic (exact) mass is 300 g/mol. The van der Waals surface area contributed by atoms with Gasteiger partial charge in [-0.3, -0.25) is 14.8 Å². The van der Waals surface area contributed by atoms with Gasteiger partial charge in [-0.1, -0.05) is 0 Å². The molecule has 0 spiro atoms. The molecule has 22 heavy (non-hydrogen) atoms. The summed E-state index contributed by atoms with van der Waals surface area (Å²) < 4.78 is 11.5. The maximum atomic E-state index is 12.2. The van der Waals surface area contributed by atoms with Gasteiger partial charge in [-0.05, 0) is 12.1 Å². The summed E-state index contributed by atoms with van der Waals surface area (Å²) in [6.45, 7) is 1.13. The molecule has 1 saturated heterocycles. The fraction of sp³-hybridized carbons (Fsp3) is 0.214. The Morgan fingerprint density at radius 1 is 1.32 bits per heavy atom. The highest BCUT2D eigenvalue weighted by Crippen LogP contribution is 2.18. The quantitative estimate of drug-likeness (QED) is 0.785. The van der Waals surface area contributed by atoms with E-state index in [0.29, 0.717) is 35.9 Å². The van der Waals surface area contributed by atoms with Crippen LogP contribution in [0.1, 0.15) is 5.69 Å². The van der Waals surface area contributed by atoms with Crippen molar-refractivity contribution in [2.75, 3.05) is 13.2 Å². The summed E-state index contributed by atoms with van der Waals surface area (Å²) in [4.78, 5) is 29.5. The number of hydrogen-bond acceptors (Lipinski definition) is 5. The first-order valence-electron chi connectivity index (χ1n) is 6.78. The molecule has 1 aliphatic heterocycles. The van der Waals surface area contributed by atoms with Gasteiger partial charge < -0.3 is 9.15 Å². The first-order chi connectivity index (χ1) is 10.7. The molecule has 0 unspecified atom stereocenters. The summed E-state index contributed by atoms with van der Waals surface area (Å²) >= 11 is 0. The van der Waals surface area contributed by atoms with Gasteiger partial charge in [0.25, 0.3) is 5.56 Å². The third-order valence-electron chi connectivity index (χ3n) is 3.49. The Kier molecular flexibility index (Phi) is 2.75. The highest BCUT2D eigenvalue weighted by atomic mass is 16.6. The van der Waals surface area contributed by atoms with Gasteiger partial charge in [0.05, 0.1) is 25.0 Å². The number of carbonyl (C=O) groups is 1. The van der Waals surface area contributed by atoms with E-state index >= 15 is 0 Å². The summed E-state index contributed by atoms with van der Waals surface area (Å²) in [5.41, 5.74) is 1.41. The van der Waals surface area contributed by atoms with Crippen LogP contribution in [0.15, 0.2) is 39.7 Å². The number of nitrogens with one attached hydrogen (secondary N) is 1. The van der Waals surface area contributed by atoms with Crippen molar-refractivity contribution < 1.29 is 13.9 Å². The number of carbonyl (C=O) groups excluding carboxylic acids is 1. The van der Waals surface area contributed by atoms with Crippen LogP contribution in [0.2, 0.25) is 0 Å². The van der Waals surface area contributed by atoms with Crippen molar-refractivity contribution in [3.63, 3.8) is 0 Å². The van der Waals surface area contributed by atoms with Crippen molar-refractivity contribution >= 4 is 11.7 Å². The summed E-state index contributed by atoms with van der Waals surface area (Å²) in [6.07, 6.45) is 1.17. The molecule has 0 saturated carbocycles. The highest BCUT2D eigenvalue weighted by Gasteiger charge is 2.22. The summed E-state index contributed by atoms with van der Waals surface area (Å²) in [6, 6.07) is 6.69. The first kappa shape index (κ1) is 12.7. The summed E-state index contributed by atoms with van der Waals surface area (Å²) in [5, 5.41) is 2.94. The average molecular weight is 300 g/mol. The molecular formula is C14H12N4O4. The number of nitrogens with zero attached hydrogens (tertiary/aromatic N) is 3. The molecule has 0 bridgehead atoms. The Labute approximate surface area is 123 Å². The molecule has 1 N–H and O–H groups in total. The van der Waals surface area contributed by atoms with E-state index in [1.165, 1.54) is 15.5 Å². The normalized spacial score (nSPS) is 14.7. The zero-order valence-corrected chi connectivity index (χ0v) is 11.5. The predicted molar refractivity (Wildman–Crippen MR) is 75.3 cm³/mol. The number of aromatic nitrogens is 3. The largest absolute Gasteiger partial charge is 0.463 e. The molecule has 4 heterocycles. The lowest BCUT2D eigenvalue weighted by Crippen LogP contribution is -2.26. The fourth-order valence-electron chi connectivity index (χ4n) is 2.44. The third-order valence-corrected chi connectivity index (χ3v) is 3.49. The number of H-pyrrole nitrogens is 1.